The summed E-state index contributed by atoms with van der Waals surface area (Å²) in [6.45, 7) is 8.74. The third-order valence-corrected chi connectivity index (χ3v) is 4.54. The van der Waals surface area contributed by atoms with E-state index in [1.54, 1.807) is 0 Å². The molecule has 0 spiro atoms. The molecular weight excluding hydrogens is 296 g/mol. The number of alkyl halides is 1. The van der Waals surface area contributed by atoms with Crippen LogP contribution in [-0.4, -0.2) is 0 Å². The summed E-state index contributed by atoms with van der Waals surface area (Å²) in [6, 6.07) is 13.2. The fourth-order valence-corrected chi connectivity index (χ4v) is 3.71. The maximum absolute atomic E-state index is 3.88. The van der Waals surface area contributed by atoms with Gasteiger partial charge >= 0.3 is 0 Å². The molecule has 1 unspecified atom stereocenters. The van der Waals surface area contributed by atoms with Gasteiger partial charge < -0.3 is 0 Å². The first-order valence-electron chi connectivity index (χ1n) is 6.75. The second-order valence-electron chi connectivity index (χ2n) is 5.41. The Balaban J connectivity index is 2.31. The molecule has 1 heteroatoms. The van der Waals surface area contributed by atoms with Gasteiger partial charge in [0, 0.05) is 4.83 Å². The van der Waals surface area contributed by atoms with Crippen molar-refractivity contribution in [1.82, 2.24) is 0 Å². The smallest absolute Gasteiger partial charge is 0.0440 e. The van der Waals surface area contributed by atoms with E-state index in [4.69, 9.17) is 0 Å². The van der Waals surface area contributed by atoms with E-state index in [-0.39, 0.29) is 0 Å². The van der Waals surface area contributed by atoms with Gasteiger partial charge in [0.15, 0.2) is 0 Å². The maximum atomic E-state index is 3.88. The third-order valence-electron chi connectivity index (χ3n) is 3.76. The van der Waals surface area contributed by atoms with Crippen LogP contribution in [0.15, 0.2) is 36.4 Å². The van der Waals surface area contributed by atoms with Gasteiger partial charge in [-0.05, 0) is 61.9 Å². The monoisotopic (exact) mass is 316 g/mol. The van der Waals surface area contributed by atoms with Crippen molar-refractivity contribution >= 4 is 15.9 Å². The number of rotatable bonds is 3. The lowest BCUT2D eigenvalue weighted by Gasteiger charge is -2.17. The highest BCUT2D eigenvalue weighted by atomic mass is 79.9. The first-order valence-corrected chi connectivity index (χ1v) is 7.67. The summed E-state index contributed by atoms with van der Waals surface area (Å²) in [5.41, 5.74) is 8.32. The van der Waals surface area contributed by atoms with E-state index in [1.807, 2.05) is 0 Å². The number of halogens is 1. The molecule has 0 aliphatic heterocycles. The Labute approximate surface area is 125 Å². The minimum Gasteiger partial charge on any atom is -0.0835 e. The zero-order chi connectivity index (χ0) is 14.0. The van der Waals surface area contributed by atoms with Crippen LogP contribution >= 0.6 is 15.9 Å². The number of aryl methyl sites for hydroxylation is 4. The van der Waals surface area contributed by atoms with Crippen molar-refractivity contribution in [3.63, 3.8) is 0 Å². The van der Waals surface area contributed by atoms with Crippen LogP contribution in [0.1, 0.15) is 38.2 Å². The Kier molecular flexibility index (Phi) is 4.46. The summed E-state index contributed by atoms with van der Waals surface area (Å²) in [5.74, 6) is 0. The van der Waals surface area contributed by atoms with Gasteiger partial charge in [0.2, 0.25) is 0 Å². The van der Waals surface area contributed by atoms with Gasteiger partial charge in [-0.15, -0.1) is 0 Å². The van der Waals surface area contributed by atoms with Crippen molar-refractivity contribution in [3.8, 4) is 0 Å². The fraction of sp³-hybridized carbons (Fsp3) is 0.333. The Hall–Kier alpha value is -1.08. The van der Waals surface area contributed by atoms with E-state index in [0.717, 1.165) is 6.42 Å². The lowest BCUT2D eigenvalue weighted by atomic mass is 9.94. The van der Waals surface area contributed by atoms with E-state index in [0.29, 0.717) is 4.83 Å². The number of hydrogen-bond acceptors (Lipinski definition) is 0. The zero-order valence-electron chi connectivity index (χ0n) is 12.1. The van der Waals surface area contributed by atoms with Gasteiger partial charge in [-0.25, -0.2) is 0 Å². The molecule has 2 aromatic rings. The van der Waals surface area contributed by atoms with Crippen molar-refractivity contribution in [2.24, 2.45) is 0 Å². The second kappa shape index (κ2) is 5.92. The molecule has 0 nitrogen and oxygen atoms in total. The minimum atomic E-state index is 0.384. The molecule has 2 aromatic carbocycles. The summed E-state index contributed by atoms with van der Waals surface area (Å²) in [4.78, 5) is 0.384. The summed E-state index contributed by atoms with van der Waals surface area (Å²) < 4.78 is 0. The van der Waals surface area contributed by atoms with Crippen molar-refractivity contribution < 1.29 is 0 Å². The van der Waals surface area contributed by atoms with Crippen LogP contribution in [0.4, 0.5) is 0 Å². The standard InChI is InChI=1S/C18H21Br/c1-12-8-9-13(2)16(10-12)11-17(19)18-14(3)6-5-7-15(18)4/h5-10,17H,11H2,1-4H3. The molecule has 0 aromatic heterocycles. The van der Waals surface area contributed by atoms with Crippen LogP contribution in [0.3, 0.4) is 0 Å². The Morgan fingerprint density at radius 1 is 0.895 bits per heavy atom. The first kappa shape index (κ1) is 14.3. The highest BCUT2D eigenvalue weighted by molar-refractivity contribution is 9.09. The molecule has 0 radical (unpaired) electrons. The molecule has 19 heavy (non-hydrogen) atoms. The molecule has 0 heterocycles. The van der Waals surface area contributed by atoms with Crippen molar-refractivity contribution in [3.05, 3.63) is 69.8 Å². The van der Waals surface area contributed by atoms with Crippen LogP contribution in [0.5, 0.6) is 0 Å². The van der Waals surface area contributed by atoms with E-state index in [9.17, 15) is 0 Å². The highest BCUT2D eigenvalue weighted by Crippen LogP contribution is 2.32. The highest BCUT2D eigenvalue weighted by Gasteiger charge is 2.14. The van der Waals surface area contributed by atoms with Crippen LogP contribution in [0, 0.1) is 27.7 Å². The van der Waals surface area contributed by atoms with Gasteiger partial charge in [0.25, 0.3) is 0 Å². The summed E-state index contributed by atoms with van der Waals surface area (Å²) >= 11 is 3.88. The molecule has 0 saturated carbocycles. The molecule has 0 saturated heterocycles. The Morgan fingerprint density at radius 2 is 1.53 bits per heavy atom. The molecule has 0 aliphatic rings. The van der Waals surface area contributed by atoms with Crippen molar-refractivity contribution in [1.29, 1.82) is 0 Å². The SMILES string of the molecule is Cc1ccc(C)c(CC(Br)c2c(C)cccc2C)c1. The average Bonchev–Trinajstić information content (AvgIpc) is 2.33. The van der Waals surface area contributed by atoms with Gasteiger partial charge in [0.05, 0.1) is 0 Å². The summed E-state index contributed by atoms with van der Waals surface area (Å²) in [7, 11) is 0. The quantitative estimate of drug-likeness (QED) is 0.647. The fourth-order valence-electron chi connectivity index (χ4n) is 2.64. The largest absolute Gasteiger partial charge is 0.0835 e. The molecule has 1 atom stereocenters. The molecule has 0 aliphatic carbocycles. The van der Waals surface area contributed by atoms with Gasteiger partial charge in [-0.2, -0.15) is 0 Å². The van der Waals surface area contributed by atoms with E-state index >= 15 is 0 Å². The zero-order valence-corrected chi connectivity index (χ0v) is 13.7. The molecule has 0 amide bonds. The predicted molar refractivity (Wildman–Crippen MR) is 87.2 cm³/mol. The summed E-state index contributed by atoms with van der Waals surface area (Å²) in [5, 5.41) is 0. The summed E-state index contributed by atoms with van der Waals surface area (Å²) in [6.07, 6.45) is 1.04. The third kappa shape index (κ3) is 3.27. The van der Waals surface area contributed by atoms with Crippen LogP contribution in [-0.2, 0) is 6.42 Å². The molecular formula is C18H21Br. The van der Waals surface area contributed by atoms with Gasteiger partial charge in [-0.1, -0.05) is 57.9 Å². The van der Waals surface area contributed by atoms with Gasteiger partial charge in [-0.3, -0.25) is 0 Å². The molecule has 0 bridgehead atoms. The normalized spacial score (nSPS) is 12.5. The molecule has 2 rings (SSSR count). The maximum Gasteiger partial charge on any atom is 0.0440 e. The Morgan fingerprint density at radius 3 is 2.16 bits per heavy atom. The predicted octanol–water partition coefficient (Wildman–Crippen LogP) is 5.60. The van der Waals surface area contributed by atoms with Gasteiger partial charge in [0.1, 0.15) is 0 Å². The van der Waals surface area contributed by atoms with Crippen LogP contribution in [0.2, 0.25) is 0 Å². The lowest BCUT2D eigenvalue weighted by Crippen LogP contribution is -2.02. The first-order chi connectivity index (χ1) is 8.99. The van der Waals surface area contributed by atoms with Crippen molar-refractivity contribution in [2.75, 3.05) is 0 Å². The van der Waals surface area contributed by atoms with Crippen LogP contribution < -0.4 is 0 Å². The van der Waals surface area contributed by atoms with E-state index < -0.39 is 0 Å². The number of hydrogen-bond donors (Lipinski definition) is 0. The molecule has 0 N–H and O–H groups in total. The lowest BCUT2D eigenvalue weighted by molar-refractivity contribution is 0.916. The second-order valence-corrected chi connectivity index (χ2v) is 6.51. The van der Waals surface area contributed by atoms with E-state index in [2.05, 4.69) is 80.0 Å². The topological polar surface area (TPSA) is 0 Å². The average molecular weight is 317 g/mol. The van der Waals surface area contributed by atoms with Crippen molar-refractivity contribution in [2.45, 2.75) is 38.9 Å². The molecule has 100 valence electrons. The van der Waals surface area contributed by atoms with Crippen LogP contribution in [0.25, 0.3) is 0 Å². The Bertz CT molecular complexity index is 564. The molecule has 0 fully saturated rings. The minimum absolute atomic E-state index is 0.384. The van der Waals surface area contributed by atoms with E-state index in [1.165, 1.54) is 33.4 Å². The number of benzene rings is 2.